The fourth-order valence-corrected chi connectivity index (χ4v) is 2.05. The third kappa shape index (κ3) is 2.21. The van der Waals surface area contributed by atoms with Crippen molar-refractivity contribution in [2.45, 2.75) is 32.4 Å². The lowest BCUT2D eigenvalue weighted by Gasteiger charge is -2.17. The Labute approximate surface area is 90.6 Å². The molecule has 0 amide bonds. The lowest BCUT2D eigenvalue weighted by atomic mass is 10.1. The summed E-state index contributed by atoms with van der Waals surface area (Å²) in [5, 5.41) is 7.83. The van der Waals surface area contributed by atoms with Crippen molar-refractivity contribution in [3.63, 3.8) is 0 Å². The molecule has 15 heavy (non-hydrogen) atoms. The standard InChI is InChI=1S/C11H19N3O/c1-8(13-10-4-5-15-7-10)11-6-12-14(3)9(11)2/h6,8,10,13H,4-5,7H2,1-3H3. The van der Waals surface area contributed by atoms with Crippen LogP contribution in [0.25, 0.3) is 0 Å². The molecule has 2 atom stereocenters. The van der Waals surface area contributed by atoms with Crippen molar-refractivity contribution in [3.8, 4) is 0 Å². The third-order valence-electron chi connectivity index (χ3n) is 3.16. The van der Waals surface area contributed by atoms with Gasteiger partial charge >= 0.3 is 0 Å². The molecule has 1 aromatic heterocycles. The maximum Gasteiger partial charge on any atom is 0.0620 e. The number of hydrogen-bond acceptors (Lipinski definition) is 3. The van der Waals surface area contributed by atoms with E-state index in [-0.39, 0.29) is 0 Å². The second kappa shape index (κ2) is 4.33. The number of aromatic nitrogens is 2. The minimum absolute atomic E-state index is 0.352. The smallest absolute Gasteiger partial charge is 0.0620 e. The molecule has 1 aromatic rings. The molecular formula is C11H19N3O. The summed E-state index contributed by atoms with van der Waals surface area (Å²) in [6.45, 7) is 6.01. The zero-order valence-corrected chi connectivity index (χ0v) is 9.66. The lowest BCUT2D eigenvalue weighted by Crippen LogP contribution is -2.31. The normalized spacial score (nSPS) is 23.3. The van der Waals surface area contributed by atoms with Crippen molar-refractivity contribution in [2.75, 3.05) is 13.2 Å². The predicted octanol–water partition coefficient (Wildman–Crippen LogP) is 1.17. The number of nitrogens with one attached hydrogen (secondary N) is 1. The summed E-state index contributed by atoms with van der Waals surface area (Å²) in [6, 6.07) is 0.852. The van der Waals surface area contributed by atoms with Gasteiger partial charge < -0.3 is 10.1 Å². The number of rotatable bonds is 3. The maximum absolute atomic E-state index is 5.35. The van der Waals surface area contributed by atoms with Crippen LogP contribution in [-0.4, -0.2) is 29.0 Å². The first-order chi connectivity index (χ1) is 7.18. The second-order valence-corrected chi connectivity index (χ2v) is 4.26. The van der Waals surface area contributed by atoms with E-state index in [1.807, 2.05) is 17.9 Å². The Kier molecular flexibility index (Phi) is 3.07. The molecule has 2 heterocycles. The van der Waals surface area contributed by atoms with Crippen LogP contribution in [0, 0.1) is 6.92 Å². The monoisotopic (exact) mass is 209 g/mol. The van der Waals surface area contributed by atoms with Crippen LogP contribution >= 0.6 is 0 Å². The third-order valence-corrected chi connectivity index (χ3v) is 3.16. The predicted molar refractivity (Wildman–Crippen MR) is 58.7 cm³/mol. The summed E-state index contributed by atoms with van der Waals surface area (Å²) in [4.78, 5) is 0. The van der Waals surface area contributed by atoms with Gasteiger partial charge in [0, 0.05) is 37.0 Å². The van der Waals surface area contributed by atoms with E-state index in [0.717, 1.165) is 19.6 Å². The summed E-state index contributed by atoms with van der Waals surface area (Å²) in [7, 11) is 1.98. The van der Waals surface area contributed by atoms with Crippen LogP contribution in [0.2, 0.25) is 0 Å². The molecule has 0 radical (unpaired) electrons. The first-order valence-electron chi connectivity index (χ1n) is 5.50. The fourth-order valence-electron chi connectivity index (χ4n) is 2.05. The summed E-state index contributed by atoms with van der Waals surface area (Å²) in [5.41, 5.74) is 2.51. The van der Waals surface area contributed by atoms with Crippen molar-refractivity contribution in [3.05, 3.63) is 17.5 Å². The largest absolute Gasteiger partial charge is 0.380 e. The van der Waals surface area contributed by atoms with Gasteiger partial charge in [-0.15, -0.1) is 0 Å². The molecule has 4 heteroatoms. The van der Waals surface area contributed by atoms with Crippen LogP contribution in [0.5, 0.6) is 0 Å². The van der Waals surface area contributed by atoms with Crippen LogP contribution in [-0.2, 0) is 11.8 Å². The van der Waals surface area contributed by atoms with Gasteiger partial charge in [0.15, 0.2) is 0 Å². The first kappa shape index (κ1) is 10.6. The minimum Gasteiger partial charge on any atom is -0.380 e. The molecule has 1 N–H and O–H groups in total. The Morgan fingerprint density at radius 2 is 2.47 bits per heavy atom. The van der Waals surface area contributed by atoms with Gasteiger partial charge in [-0.3, -0.25) is 4.68 Å². The van der Waals surface area contributed by atoms with E-state index in [2.05, 4.69) is 24.3 Å². The van der Waals surface area contributed by atoms with Crippen LogP contribution in [0.3, 0.4) is 0 Å². The summed E-state index contributed by atoms with van der Waals surface area (Å²) in [6.07, 6.45) is 3.06. The van der Waals surface area contributed by atoms with Gasteiger partial charge in [0.05, 0.1) is 12.8 Å². The van der Waals surface area contributed by atoms with Gasteiger partial charge in [-0.2, -0.15) is 5.10 Å². The van der Waals surface area contributed by atoms with E-state index in [4.69, 9.17) is 4.74 Å². The highest BCUT2D eigenvalue weighted by molar-refractivity contribution is 5.19. The van der Waals surface area contributed by atoms with Crippen molar-refractivity contribution in [1.82, 2.24) is 15.1 Å². The van der Waals surface area contributed by atoms with Gasteiger partial charge in [0.1, 0.15) is 0 Å². The summed E-state index contributed by atoms with van der Waals surface area (Å²) >= 11 is 0. The van der Waals surface area contributed by atoms with Gasteiger partial charge in [0.2, 0.25) is 0 Å². The molecule has 1 saturated heterocycles. The number of hydrogen-bond donors (Lipinski definition) is 1. The van der Waals surface area contributed by atoms with Crippen LogP contribution in [0.15, 0.2) is 6.20 Å². The average Bonchev–Trinajstić information content (AvgIpc) is 2.79. The Hall–Kier alpha value is -0.870. The van der Waals surface area contributed by atoms with E-state index in [0.29, 0.717) is 12.1 Å². The van der Waals surface area contributed by atoms with Gasteiger partial charge in [-0.25, -0.2) is 0 Å². The number of aryl methyl sites for hydroxylation is 1. The van der Waals surface area contributed by atoms with E-state index in [1.54, 1.807) is 0 Å². The van der Waals surface area contributed by atoms with Crippen molar-refractivity contribution >= 4 is 0 Å². The molecule has 2 rings (SSSR count). The molecule has 0 aliphatic carbocycles. The Balaban J connectivity index is 2.00. The molecule has 0 spiro atoms. The maximum atomic E-state index is 5.35. The first-order valence-corrected chi connectivity index (χ1v) is 5.50. The van der Waals surface area contributed by atoms with Crippen LogP contribution in [0.1, 0.15) is 30.6 Å². The minimum atomic E-state index is 0.352. The van der Waals surface area contributed by atoms with Gasteiger partial charge in [-0.05, 0) is 20.3 Å². The molecule has 84 valence electrons. The molecule has 0 aromatic carbocycles. The van der Waals surface area contributed by atoms with E-state index >= 15 is 0 Å². The zero-order valence-electron chi connectivity index (χ0n) is 9.66. The molecule has 0 bridgehead atoms. The van der Waals surface area contributed by atoms with E-state index < -0.39 is 0 Å². The average molecular weight is 209 g/mol. The molecule has 0 saturated carbocycles. The quantitative estimate of drug-likeness (QED) is 0.812. The Bertz CT molecular complexity index is 329. The topological polar surface area (TPSA) is 39.1 Å². The molecule has 4 nitrogen and oxygen atoms in total. The van der Waals surface area contributed by atoms with Crippen LogP contribution < -0.4 is 5.32 Å². The van der Waals surface area contributed by atoms with Gasteiger partial charge in [-0.1, -0.05) is 0 Å². The highest BCUT2D eigenvalue weighted by atomic mass is 16.5. The van der Waals surface area contributed by atoms with Crippen molar-refractivity contribution < 1.29 is 4.74 Å². The second-order valence-electron chi connectivity index (χ2n) is 4.26. The highest BCUT2D eigenvalue weighted by Gasteiger charge is 2.19. The van der Waals surface area contributed by atoms with Crippen molar-refractivity contribution in [1.29, 1.82) is 0 Å². The van der Waals surface area contributed by atoms with Crippen molar-refractivity contribution in [2.24, 2.45) is 7.05 Å². The highest BCUT2D eigenvalue weighted by Crippen LogP contribution is 2.18. The van der Waals surface area contributed by atoms with E-state index in [9.17, 15) is 0 Å². The van der Waals surface area contributed by atoms with Crippen LogP contribution in [0.4, 0.5) is 0 Å². The lowest BCUT2D eigenvalue weighted by molar-refractivity contribution is 0.188. The summed E-state index contributed by atoms with van der Waals surface area (Å²) in [5.74, 6) is 0. The molecule has 1 aliphatic heterocycles. The molecule has 1 aliphatic rings. The number of nitrogens with zero attached hydrogens (tertiary/aromatic N) is 2. The Morgan fingerprint density at radius 3 is 3.00 bits per heavy atom. The summed E-state index contributed by atoms with van der Waals surface area (Å²) < 4.78 is 7.26. The van der Waals surface area contributed by atoms with Gasteiger partial charge in [0.25, 0.3) is 0 Å². The molecule has 1 fully saturated rings. The van der Waals surface area contributed by atoms with E-state index in [1.165, 1.54) is 11.3 Å². The molecule has 2 unspecified atom stereocenters. The zero-order chi connectivity index (χ0) is 10.8. The number of ether oxygens (including phenoxy) is 1. The SMILES string of the molecule is Cc1c(C(C)NC2CCOC2)cnn1C. The fraction of sp³-hybridized carbons (Fsp3) is 0.727. The molecular weight excluding hydrogens is 190 g/mol. The Morgan fingerprint density at radius 1 is 1.67 bits per heavy atom.